The van der Waals surface area contributed by atoms with E-state index in [1.807, 2.05) is 0 Å². The van der Waals surface area contributed by atoms with Gasteiger partial charge in [0.2, 0.25) is 5.78 Å². The van der Waals surface area contributed by atoms with Gasteiger partial charge in [0.25, 0.3) is 5.91 Å². The Balaban J connectivity index is 0.00000220. The molecule has 0 aromatic carbocycles. The second-order valence-electron chi connectivity index (χ2n) is 4.13. The van der Waals surface area contributed by atoms with Gasteiger partial charge in [-0.1, -0.05) is 6.07 Å². The molecule has 108 valence electrons. The molecule has 2 aromatic heterocycles. The average Bonchev–Trinajstić information content (AvgIpc) is 2.86. The van der Waals surface area contributed by atoms with Crippen LogP contribution in [-0.4, -0.2) is 21.2 Å². The number of carbonyl (C=O) groups excluding carboxylic acids is 2. The number of rotatable bonds is 4. The van der Waals surface area contributed by atoms with Crippen LogP contribution in [0.1, 0.15) is 10.5 Å². The molecule has 0 bridgehead atoms. The van der Waals surface area contributed by atoms with Crippen LogP contribution in [0.4, 0.5) is 5.82 Å². The number of aromatic nitrogens is 2. The van der Waals surface area contributed by atoms with Crippen LogP contribution in [0.2, 0.25) is 0 Å². The highest BCUT2D eigenvalue weighted by Crippen LogP contribution is 2.11. The Morgan fingerprint density at radius 2 is 2.10 bits per heavy atom. The van der Waals surface area contributed by atoms with Crippen molar-refractivity contribution in [1.82, 2.24) is 9.55 Å². The van der Waals surface area contributed by atoms with E-state index < -0.39 is 17.6 Å². The van der Waals surface area contributed by atoms with E-state index in [4.69, 9.17) is 5.26 Å². The van der Waals surface area contributed by atoms with Gasteiger partial charge in [-0.2, -0.15) is 5.26 Å². The number of anilines is 1. The van der Waals surface area contributed by atoms with Crippen molar-refractivity contribution in [3.05, 3.63) is 48.4 Å². The zero-order valence-corrected chi connectivity index (χ0v) is 12.0. The number of halogens is 1. The van der Waals surface area contributed by atoms with Crippen molar-refractivity contribution < 1.29 is 9.59 Å². The minimum Gasteiger partial charge on any atom is -0.348 e. The third-order valence-corrected chi connectivity index (χ3v) is 2.77. The van der Waals surface area contributed by atoms with Crippen LogP contribution in [0.15, 0.2) is 42.7 Å². The van der Waals surface area contributed by atoms with Gasteiger partial charge in [-0.3, -0.25) is 9.59 Å². The molecule has 0 saturated carbocycles. The fourth-order valence-corrected chi connectivity index (χ4v) is 1.74. The number of Topliss-reactive ketones (excluding diaryl/α,β-unsaturated/α-hetero) is 1. The first-order valence-corrected chi connectivity index (χ1v) is 5.90. The molecule has 21 heavy (non-hydrogen) atoms. The van der Waals surface area contributed by atoms with Gasteiger partial charge in [0.15, 0.2) is 5.92 Å². The first-order chi connectivity index (χ1) is 9.63. The predicted molar refractivity (Wildman–Crippen MR) is 79.0 cm³/mol. The van der Waals surface area contributed by atoms with E-state index in [-0.39, 0.29) is 12.4 Å². The van der Waals surface area contributed by atoms with Crippen LogP contribution in [0.5, 0.6) is 0 Å². The average molecular weight is 305 g/mol. The fourth-order valence-electron chi connectivity index (χ4n) is 1.74. The number of hydrogen-bond acceptors (Lipinski definition) is 4. The summed E-state index contributed by atoms with van der Waals surface area (Å²) in [5.74, 6) is -2.31. The Morgan fingerprint density at radius 3 is 2.62 bits per heavy atom. The molecule has 6 nitrogen and oxygen atoms in total. The second-order valence-corrected chi connectivity index (χ2v) is 4.13. The molecule has 7 heteroatoms. The molecule has 0 spiro atoms. The number of hydrogen-bond donors (Lipinski definition) is 1. The summed E-state index contributed by atoms with van der Waals surface area (Å²) in [7, 11) is 1.68. The normalized spacial score (nSPS) is 10.9. The molecular weight excluding hydrogens is 292 g/mol. The lowest BCUT2D eigenvalue weighted by Crippen LogP contribution is -2.30. The third kappa shape index (κ3) is 3.68. The summed E-state index contributed by atoms with van der Waals surface area (Å²) < 4.78 is 1.57. The third-order valence-electron chi connectivity index (χ3n) is 2.77. The van der Waals surface area contributed by atoms with Gasteiger partial charge in [0.1, 0.15) is 5.82 Å². The minimum atomic E-state index is -1.40. The quantitative estimate of drug-likeness (QED) is 0.689. The monoisotopic (exact) mass is 304 g/mol. The van der Waals surface area contributed by atoms with Crippen LogP contribution >= 0.6 is 12.4 Å². The van der Waals surface area contributed by atoms with Crippen LogP contribution in [0, 0.1) is 17.2 Å². The number of amides is 1. The number of nitriles is 1. The van der Waals surface area contributed by atoms with E-state index in [0.717, 1.165) is 0 Å². The predicted octanol–water partition coefficient (Wildman–Crippen LogP) is 1.80. The van der Waals surface area contributed by atoms with Gasteiger partial charge in [0, 0.05) is 19.4 Å². The topological polar surface area (TPSA) is 87.8 Å². The molecule has 0 aliphatic carbocycles. The van der Waals surface area contributed by atoms with Crippen LogP contribution in [0.25, 0.3) is 0 Å². The Labute approximate surface area is 127 Å². The Hall–Kier alpha value is -2.65. The molecule has 0 saturated heterocycles. The summed E-state index contributed by atoms with van der Waals surface area (Å²) in [6.07, 6.45) is 3.19. The lowest BCUT2D eigenvalue weighted by Gasteiger charge is -2.09. The summed E-state index contributed by atoms with van der Waals surface area (Å²) in [5, 5.41) is 11.5. The van der Waals surface area contributed by atoms with Gasteiger partial charge in [-0.05, 0) is 24.3 Å². The summed E-state index contributed by atoms with van der Waals surface area (Å²) in [6, 6.07) is 9.96. The number of pyridine rings is 1. The number of nitrogens with zero attached hydrogens (tertiary/aromatic N) is 3. The highest BCUT2D eigenvalue weighted by molar-refractivity contribution is 6.14. The standard InChI is InChI=1S/C14H12N4O2.ClH/c1-18-8-4-5-11(18)13(19)10(9-15)14(20)17-12-6-2-3-7-16-12;/h2-8,10H,1H3,(H,16,17,20);1H. The maximum atomic E-state index is 12.2. The first kappa shape index (κ1) is 16.4. The zero-order chi connectivity index (χ0) is 14.5. The number of carbonyl (C=O) groups is 2. The van der Waals surface area contributed by atoms with Gasteiger partial charge < -0.3 is 9.88 Å². The van der Waals surface area contributed by atoms with E-state index >= 15 is 0 Å². The van der Waals surface area contributed by atoms with Gasteiger partial charge in [0.05, 0.1) is 11.8 Å². The molecule has 0 radical (unpaired) electrons. The molecule has 0 aliphatic heterocycles. The largest absolute Gasteiger partial charge is 0.348 e. The summed E-state index contributed by atoms with van der Waals surface area (Å²) in [5.41, 5.74) is 0.313. The summed E-state index contributed by atoms with van der Waals surface area (Å²) in [6.45, 7) is 0. The molecule has 2 heterocycles. The maximum absolute atomic E-state index is 12.2. The Bertz CT molecular complexity index is 676. The van der Waals surface area contributed by atoms with E-state index in [0.29, 0.717) is 11.5 Å². The first-order valence-electron chi connectivity index (χ1n) is 5.90. The van der Waals surface area contributed by atoms with Crippen molar-refractivity contribution in [2.24, 2.45) is 13.0 Å². The van der Waals surface area contributed by atoms with Crippen molar-refractivity contribution in [3.63, 3.8) is 0 Å². The second kappa shape index (κ2) is 7.22. The molecule has 0 aliphatic rings. The van der Waals surface area contributed by atoms with E-state index in [1.54, 1.807) is 54.2 Å². The number of nitrogens with one attached hydrogen (secondary N) is 1. The fraction of sp³-hybridized carbons (Fsp3) is 0.143. The lowest BCUT2D eigenvalue weighted by atomic mass is 10.0. The minimum absolute atomic E-state index is 0. The van der Waals surface area contributed by atoms with Gasteiger partial charge in [-0.25, -0.2) is 4.98 Å². The number of ketones is 1. The highest BCUT2D eigenvalue weighted by Gasteiger charge is 2.29. The molecular formula is C14H13ClN4O2. The van der Waals surface area contributed by atoms with E-state index in [2.05, 4.69) is 10.3 Å². The molecule has 1 unspecified atom stereocenters. The Morgan fingerprint density at radius 1 is 1.33 bits per heavy atom. The lowest BCUT2D eigenvalue weighted by molar-refractivity contribution is -0.117. The van der Waals surface area contributed by atoms with Crippen molar-refractivity contribution in [3.8, 4) is 6.07 Å². The smallest absolute Gasteiger partial charge is 0.250 e. The summed E-state index contributed by atoms with van der Waals surface area (Å²) >= 11 is 0. The number of aryl methyl sites for hydroxylation is 1. The summed E-state index contributed by atoms with van der Waals surface area (Å²) in [4.78, 5) is 28.1. The molecule has 1 N–H and O–H groups in total. The van der Waals surface area contributed by atoms with Crippen molar-refractivity contribution in [1.29, 1.82) is 5.26 Å². The molecule has 1 atom stereocenters. The molecule has 2 rings (SSSR count). The van der Waals surface area contributed by atoms with Crippen molar-refractivity contribution in [2.75, 3.05) is 5.32 Å². The maximum Gasteiger partial charge on any atom is 0.250 e. The van der Waals surface area contributed by atoms with Gasteiger partial charge in [-0.15, -0.1) is 12.4 Å². The van der Waals surface area contributed by atoms with Crippen molar-refractivity contribution >= 4 is 29.9 Å². The van der Waals surface area contributed by atoms with Crippen molar-refractivity contribution in [2.45, 2.75) is 0 Å². The molecule has 0 fully saturated rings. The molecule has 1 amide bonds. The zero-order valence-electron chi connectivity index (χ0n) is 11.2. The van der Waals surface area contributed by atoms with Crippen LogP contribution < -0.4 is 5.32 Å². The SMILES string of the molecule is Cl.Cn1cccc1C(=O)C(C#N)C(=O)Nc1ccccn1. The Kier molecular flexibility index (Phi) is 5.64. The molecule has 2 aromatic rings. The van der Waals surface area contributed by atoms with Crippen LogP contribution in [0.3, 0.4) is 0 Å². The van der Waals surface area contributed by atoms with E-state index in [1.165, 1.54) is 6.20 Å². The van der Waals surface area contributed by atoms with Crippen LogP contribution in [-0.2, 0) is 11.8 Å². The highest BCUT2D eigenvalue weighted by atomic mass is 35.5. The van der Waals surface area contributed by atoms with Gasteiger partial charge >= 0.3 is 0 Å². The van der Waals surface area contributed by atoms with E-state index in [9.17, 15) is 9.59 Å².